The molecule has 23 heavy (non-hydrogen) atoms. The predicted octanol–water partition coefficient (Wildman–Crippen LogP) is 3.83. The van der Waals surface area contributed by atoms with Gasteiger partial charge < -0.3 is 10.1 Å². The summed E-state index contributed by atoms with van der Waals surface area (Å²) in [5.41, 5.74) is 2.07. The Morgan fingerprint density at radius 2 is 2.04 bits per heavy atom. The monoisotopic (exact) mass is 326 g/mol. The first-order chi connectivity index (χ1) is 11.2. The van der Waals surface area contributed by atoms with Crippen LogP contribution in [0.4, 0.5) is 0 Å². The Balaban J connectivity index is 1.75. The molecular formula is C18H15ClN2O2. The van der Waals surface area contributed by atoms with E-state index in [0.717, 1.165) is 22.2 Å². The van der Waals surface area contributed by atoms with Gasteiger partial charge in [-0.2, -0.15) is 0 Å². The molecule has 0 fully saturated rings. The van der Waals surface area contributed by atoms with E-state index in [0.29, 0.717) is 17.3 Å². The van der Waals surface area contributed by atoms with Gasteiger partial charge in [-0.1, -0.05) is 29.8 Å². The van der Waals surface area contributed by atoms with Gasteiger partial charge in [-0.05, 0) is 42.0 Å². The maximum Gasteiger partial charge on any atom is 0.270 e. The van der Waals surface area contributed by atoms with E-state index < -0.39 is 0 Å². The summed E-state index contributed by atoms with van der Waals surface area (Å²) in [5, 5.41) is 4.42. The molecule has 0 aliphatic rings. The van der Waals surface area contributed by atoms with Crippen LogP contribution in [0.25, 0.3) is 10.9 Å². The third kappa shape index (κ3) is 3.60. The van der Waals surface area contributed by atoms with E-state index in [2.05, 4.69) is 10.3 Å². The largest absolute Gasteiger partial charge is 0.497 e. The number of fused-ring (bicyclic) bond motifs is 1. The maximum atomic E-state index is 12.2. The lowest BCUT2D eigenvalue weighted by Crippen LogP contribution is -2.23. The van der Waals surface area contributed by atoms with Crippen LogP contribution in [-0.2, 0) is 6.54 Å². The lowest BCUT2D eigenvalue weighted by molar-refractivity contribution is 0.0946. The highest BCUT2D eigenvalue weighted by Gasteiger charge is 2.08. The Bertz CT molecular complexity index is 865. The Morgan fingerprint density at radius 3 is 2.83 bits per heavy atom. The van der Waals surface area contributed by atoms with Crippen molar-refractivity contribution in [3.8, 4) is 5.75 Å². The number of hydrogen-bond acceptors (Lipinski definition) is 3. The first-order valence-electron chi connectivity index (χ1n) is 7.13. The van der Waals surface area contributed by atoms with Crippen molar-refractivity contribution in [1.29, 1.82) is 0 Å². The Morgan fingerprint density at radius 1 is 1.17 bits per heavy atom. The van der Waals surface area contributed by atoms with Gasteiger partial charge in [-0.25, -0.2) is 4.98 Å². The van der Waals surface area contributed by atoms with Crippen molar-refractivity contribution in [2.24, 2.45) is 0 Å². The molecule has 5 heteroatoms. The number of amides is 1. The summed E-state index contributed by atoms with van der Waals surface area (Å²) in [6, 6.07) is 16.5. The van der Waals surface area contributed by atoms with Crippen molar-refractivity contribution in [3.05, 3.63) is 70.9 Å². The quantitative estimate of drug-likeness (QED) is 0.792. The average Bonchev–Trinajstić information content (AvgIpc) is 2.58. The number of carbonyl (C=O) groups excluding carboxylic acids is 1. The van der Waals surface area contributed by atoms with E-state index in [4.69, 9.17) is 16.3 Å². The summed E-state index contributed by atoms with van der Waals surface area (Å²) in [7, 11) is 1.62. The number of nitrogens with one attached hydrogen (secondary N) is 1. The average molecular weight is 327 g/mol. The second kappa shape index (κ2) is 6.67. The minimum Gasteiger partial charge on any atom is -0.497 e. The van der Waals surface area contributed by atoms with E-state index in [1.807, 2.05) is 42.5 Å². The van der Waals surface area contributed by atoms with Crippen LogP contribution in [0.1, 0.15) is 16.1 Å². The van der Waals surface area contributed by atoms with Gasteiger partial charge in [0, 0.05) is 17.0 Å². The minimum atomic E-state index is -0.220. The fraction of sp³-hybridized carbons (Fsp3) is 0.111. The number of pyridine rings is 1. The standard InChI is InChI=1S/C18H15ClN2O2/c1-23-15-6-8-16-13(10-15)5-7-17(21-16)18(22)20-11-12-3-2-4-14(19)9-12/h2-10H,11H2,1H3,(H,20,22). The molecule has 0 bridgehead atoms. The fourth-order valence-electron chi connectivity index (χ4n) is 2.28. The highest BCUT2D eigenvalue weighted by Crippen LogP contribution is 2.19. The van der Waals surface area contributed by atoms with Crippen molar-refractivity contribution >= 4 is 28.4 Å². The summed E-state index contributed by atoms with van der Waals surface area (Å²) in [6.07, 6.45) is 0. The van der Waals surface area contributed by atoms with E-state index in [-0.39, 0.29) is 5.91 Å². The lowest BCUT2D eigenvalue weighted by Gasteiger charge is -2.07. The van der Waals surface area contributed by atoms with Crippen molar-refractivity contribution in [2.45, 2.75) is 6.54 Å². The number of halogens is 1. The van der Waals surface area contributed by atoms with Gasteiger partial charge in [0.05, 0.1) is 12.6 Å². The number of methoxy groups -OCH3 is 1. The predicted molar refractivity (Wildman–Crippen MR) is 90.9 cm³/mol. The van der Waals surface area contributed by atoms with Crippen LogP contribution in [0.5, 0.6) is 5.75 Å². The zero-order valence-corrected chi connectivity index (χ0v) is 13.3. The lowest BCUT2D eigenvalue weighted by atomic mass is 10.2. The van der Waals surface area contributed by atoms with Gasteiger partial charge in [0.15, 0.2) is 0 Å². The topological polar surface area (TPSA) is 51.2 Å². The van der Waals surface area contributed by atoms with Gasteiger partial charge >= 0.3 is 0 Å². The molecule has 4 nitrogen and oxygen atoms in total. The highest BCUT2D eigenvalue weighted by molar-refractivity contribution is 6.30. The summed E-state index contributed by atoms with van der Waals surface area (Å²) >= 11 is 5.93. The number of ether oxygens (including phenoxy) is 1. The van der Waals surface area contributed by atoms with Crippen LogP contribution in [0, 0.1) is 0 Å². The molecular weight excluding hydrogens is 312 g/mol. The Labute approximate surface area is 139 Å². The summed E-state index contributed by atoms with van der Waals surface area (Å²) in [6.45, 7) is 0.404. The molecule has 3 rings (SSSR count). The Kier molecular flexibility index (Phi) is 4.44. The molecule has 0 aliphatic heterocycles. The molecule has 0 aliphatic carbocycles. The van der Waals surface area contributed by atoms with E-state index in [1.165, 1.54) is 0 Å². The van der Waals surface area contributed by atoms with Crippen molar-refractivity contribution in [1.82, 2.24) is 10.3 Å². The van der Waals surface area contributed by atoms with Crippen LogP contribution in [-0.4, -0.2) is 18.0 Å². The molecule has 0 radical (unpaired) electrons. The molecule has 0 saturated carbocycles. The van der Waals surface area contributed by atoms with Crippen LogP contribution in [0.15, 0.2) is 54.6 Å². The van der Waals surface area contributed by atoms with E-state index in [9.17, 15) is 4.79 Å². The molecule has 0 atom stereocenters. The SMILES string of the molecule is COc1ccc2nc(C(=O)NCc3cccc(Cl)c3)ccc2c1. The van der Waals surface area contributed by atoms with Gasteiger partial charge in [-0.3, -0.25) is 4.79 Å². The number of rotatable bonds is 4. The molecule has 3 aromatic rings. The third-order valence-corrected chi connectivity index (χ3v) is 3.71. The number of nitrogens with zero attached hydrogens (tertiary/aromatic N) is 1. The van der Waals surface area contributed by atoms with Crippen LogP contribution >= 0.6 is 11.6 Å². The van der Waals surface area contributed by atoms with Gasteiger partial charge in [-0.15, -0.1) is 0 Å². The molecule has 1 N–H and O–H groups in total. The normalized spacial score (nSPS) is 10.5. The molecule has 2 aromatic carbocycles. The van der Waals surface area contributed by atoms with Crippen molar-refractivity contribution < 1.29 is 9.53 Å². The smallest absolute Gasteiger partial charge is 0.270 e. The summed E-state index contributed by atoms with van der Waals surface area (Å²) in [5.74, 6) is 0.542. The molecule has 0 spiro atoms. The van der Waals surface area contributed by atoms with E-state index in [1.54, 1.807) is 19.2 Å². The first kappa shape index (κ1) is 15.3. The molecule has 1 heterocycles. The number of carbonyl (C=O) groups is 1. The van der Waals surface area contributed by atoms with Gasteiger partial charge in [0.25, 0.3) is 5.91 Å². The third-order valence-electron chi connectivity index (χ3n) is 3.47. The second-order valence-electron chi connectivity index (χ2n) is 5.07. The molecule has 0 unspecified atom stereocenters. The molecule has 1 amide bonds. The minimum absolute atomic E-state index is 0.220. The highest BCUT2D eigenvalue weighted by atomic mass is 35.5. The van der Waals surface area contributed by atoms with Crippen LogP contribution in [0.2, 0.25) is 5.02 Å². The molecule has 116 valence electrons. The Hall–Kier alpha value is -2.59. The number of benzene rings is 2. The van der Waals surface area contributed by atoms with Crippen LogP contribution in [0.3, 0.4) is 0 Å². The molecule has 1 aromatic heterocycles. The second-order valence-corrected chi connectivity index (χ2v) is 5.50. The zero-order chi connectivity index (χ0) is 16.2. The number of hydrogen-bond donors (Lipinski definition) is 1. The summed E-state index contributed by atoms with van der Waals surface area (Å²) in [4.78, 5) is 16.6. The van der Waals surface area contributed by atoms with Gasteiger partial charge in [0.1, 0.15) is 11.4 Å². The van der Waals surface area contributed by atoms with Crippen molar-refractivity contribution in [2.75, 3.05) is 7.11 Å². The summed E-state index contributed by atoms with van der Waals surface area (Å²) < 4.78 is 5.18. The first-order valence-corrected chi connectivity index (χ1v) is 7.51. The van der Waals surface area contributed by atoms with Crippen molar-refractivity contribution in [3.63, 3.8) is 0 Å². The molecule has 0 saturated heterocycles. The van der Waals surface area contributed by atoms with Gasteiger partial charge in [0.2, 0.25) is 0 Å². The number of aromatic nitrogens is 1. The fourth-order valence-corrected chi connectivity index (χ4v) is 2.49. The van der Waals surface area contributed by atoms with Crippen LogP contribution < -0.4 is 10.1 Å². The maximum absolute atomic E-state index is 12.2. The van der Waals surface area contributed by atoms with E-state index >= 15 is 0 Å². The zero-order valence-electron chi connectivity index (χ0n) is 12.5.